The summed E-state index contributed by atoms with van der Waals surface area (Å²) in [6.45, 7) is 0. The van der Waals surface area contributed by atoms with Crippen LogP contribution in [0.1, 0.15) is 0 Å². The molecule has 128 valence electrons. The van der Waals surface area contributed by atoms with Crippen molar-refractivity contribution >= 4 is 32.9 Å². The quantitative estimate of drug-likeness (QED) is 0.359. The van der Waals surface area contributed by atoms with E-state index in [2.05, 4.69) is 115 Å². The minimum Gasteiger partial charge on any atom is -0.355 e. The Bertz CT molecular complexity index is 1230. The van der Waals surface area contributed by atoms with E-state index >= 15 is 0 Å². The molecule has 5 aromatic rings. The van der Waals surface area contributed by atoms with Crippen molar-refractivity contribution in [2.24, 2.45) is 0 Å². The molecule has 0 aromatic heterocycles. The van der Waals surface area contributed by atoms with Crippen LogP contribution in [0.25, 0.3) is 32.7 Å². The molecule has 0 amide bonds. The van der Waals surface area contributed by atoms with E-state index in [4.69, 9.17) is 0 Å². The zero-order valence-electron chi connectivity index (χ0n) is 14.9. The topological polar surface area (TPSA) is 12.0 Å². The van der Waals surface area contributed by atoms with Crippen LogP contribution in [0.15, 0.2) is 109 Å². The molecule has 0 saturated carbocycles. The summed E-state index contributed by atoms with van der Waals surface area (Å²) in [6.07, 6.45) is 0. The SMILES string of the molecule is c1ccc2cc(-c3ccc(Nc4cccc5ccccc45)cc3)ccc2c1. The van der Waals surface area contributed by atoms with Crippen LogP contribution in [0.2, 0.25) is 0 Å². The molecule has 1 heteroatoms. The lowest BCUT2D eigenvalue weighted by atomic mass is 10.0. The van der Waals surface area contributed by atoms with E-state index in [1.165, 1.54) is 32.7 Å². The Morgan fingerprint density at radius 3 is 1.96 bits per heavy atom. The van der Waals surface area contributed by atoms with Crippen LogP contribution in [0.3, 0.4) is 0 Å². The fourth-order valence-electron chi connectivity index (χ4n) is 3.60. The first-order chi connectivity index (χ1) is 13.4. The molecule has 0 heterocycles. The number of hydrogen-bond acceptors (Lipinski definition) is 1. The fourth-order valence-corrected chi connectivity index (χ4v) is 3.60. The van der Waals surface area contributed by atoms with E-state index < -0.39 is 0 Å². The van der Waals surface area contributed by atoms with Gasteiger partial charge in [-0.25, -0.2) is 0 Å². The van der Waals surface area contributed by atoms with Crippen LogP contribution in [0.4, 0.5) is 11.4 Å². The lowest BCUT2D eigenvalue weighted by Gasteiger charge is -2.11. The predicted molar refractivity (Wildman–Crippen MR) is 117 cm³/mol. The van der Waals surface area contributed by atoms with Gasteiger partial charge in [0.2, 0.25) is 0 Å². The highest BCUT2D eigenvalue weighted by molar-refractivity contribution is 5.95. The Balaban J connectivity index is 1.45. The van der Waals surface area contributed by atoms with Gasteiger partial charge in [-0.15, -0.1) is 0 Å². The third-order valence-corrected chi connectivity index (χ3v) is 5.04. The second-order valence-electron chi connectivity index (χ2n) is 6.79. The number of rotatable bonds is 3. The first-order valence-corrected chi connectivity index (χ1v) is 9.21. The van der Waals surface area contributed by atoms with Crippen molar-refractivity contribution in [1.82, 2.24) is 0 Å². The van der Waals surface area contributed by atoms with E-state index in [0.29, 0.717) is 0 Å². The summed E-state index contributed by atoms with van der Waals surface area (Å²) in [5.41, 5.74) is 4.69. The van der Waals surface area contributed by atoms with Crippen LogP contribution in [-0.2, 0) is 0 Å². The van der Waals surface area contributed by atoms with Gasteiger partial charge in [0, 0.05) is 16.8 Å². The van der Waals surface area contributed by atoms with Crippen molar-refractivity contribution in [3.8, 4) is 11.1 Å². The normalized spacial score (nSPS) is 11.0. The number of benzene rings is 5. The maximum Gasteiger partial charge on any atom is 0.0463 e. The van der Waals surface area contributed by atoms with Crippen molar-refractivity contribution in [1.29, 1.82) is 0 Å². The second-order valence-corrected chi connectivity index (χ2v) is 6.79. The molecule has 0 spiro atoms. The third kappa shape index (κ3) is 3.04. The van der Waals surface area contributed by atoms with Crippen molar-refractivity contribution in [3.63, 3.8) is 0 Å². The van der Waals surface area contributed by atoms with Gasteiger partial charge in [-0.1, -0.05) is 84.9 Å². The molecule has 1 nitrogen and oxygen atoms in total. The molecule has 1 N–H and O–H groups in total. The summed E-state index contributed by atoms with van der Waals surface area (Å²) in [6, 6.07) is 38.6. The van der Waals surface area contributed by atoms with Gasteiger partial charge in [-0.3, -0.25) is 0 Å². The molecule has 0 radical (unpaired) electrons. The first kappa shape index (κ1) is 15.7. The monoisotopic (exact) mass is 345 g/mol. The molecule has 0 bridgehead atoms. The largest absolute Gasteiger partial charge is 0.355 e. The zero-order valence-corrected chi connectivity index (χ0v) is 14.9. The summed E-state index contributed by atoms with van der Waals surface area (Å²) in [5.74, 6) is 0. The Morgan fingerprint density at radius 2 is 1.11 bits per heavy atom. The third-order valence-electron chi connectivity index (χ3n) is 5.04. The van der Waals surface area contributed by atoms with E-state index in [-0.39, 0.29) is 0 Å². The zero-order chi connectivity index (χ0) is 18.1. The molecule has 0 aliphatic rings. The number of anilines is 2. The summed E-state index contributed by atoms with van der Waals surface area (Å²) in [7, 11) is 0. The van der Waals surface area contributed by atoms with E-state index in [9.17, 15) is 0 Å². The molecule has 0 atom stereocenters. The number of nitrogens with one attached hydrogen (secondary N) is 1. The van der Waals surface area contributed by atoms with Gasteiger partial charge >= 0.3 is 0 Å². The molecule has 0 aliphatic heterocycles. The molecule has 0 unspecified atom stereocenters. The van der Waals surface area contributed by atoms with Gasteiger partial charge < -0.3 is 5.32 Å². The molecule has 27 heavy (non-hydrogen) atoms. The highest BCUT2D eigenvalue weighted by Gasteiger charge is 2.03. The Labute approximate surface area is 158 Å². The summed E-state index contributed by atoms with van der Waals surface area (Å²) < 4.78 is 0. The van der Waals surface area contributed by atoms with Crippen molar-refractivity contribution in [2.45, 2.75) is 0 Å². The minimum atomic E-state index is 1.09. The minimum absolute atomic E-state index is 1.09. The molecule has 0 fully saturated rings. The summed E-state index contributed by atoms with van der Waals surface area (Å²) in [5, 5.41) is 8.58. The average Bonchev–Trinajstić information content (AvgIpc) is 2.74. The number of fused-ring (bicyclic) bond motifs is 2. The lowest BCUT2D eigenvalue weighted by Crippen LogP contribution is -1.91. The number of hydrogen-bond donors (Lipinski definition) is 1. The predicted octanol–water partition coefficient (Wildman–Crippen LogP) is 7.40. The average molecular weight is 345 g/mol. The highest BCUT2D eigenvalue weighted by Crippen LogP contribution is 2.29. The van der Waals surface area contributed by atoms with Crippen molar-refractivity contribution < 1.29 is 0 Å². The van der Waals surface area contributed by atoms with Crippen LogP contribution in [0.5, 0.6) is 0 Å². The van der Waals surface area contributed by atoms with Gasteiger partial charge in [0.25, 0.3) is 0 Å². The molecule has 5 rings (SSSR count). The highest BCUT2D eigenvalue weighted by atomic mass is 14.9. The standard InChI is InChI=1S/C26H19N/c1-2-8-22-18-23(13-12-19(22)6-1)20-14-16-24(17-15-20)27-26-11-5-9-21-7-3-4-10-25(21)26/h1-18,27H. The van der Waals surface area contributed by atoms with Crippen LogP contribution in [0, 0.1) is 0 Å². The van der Waals surface area contributed by atoms with E-state index in [0.717, 1.165) is 11.4 Å². The van der Waals surface area contributed by atoms with Gasteiger partial charge in [0.1, 0.15) is 0 Å². The van der Waals surface area contributed by atoms with Gasteiger partial charge in [0.15, 0.2) is 0 Å². The molecular weight excluding hydrogens is 326 g/mol. The van der Waals surface area contributed by atoms with Crippen molar-refractivity contribution in [2.75, 3.05) is 5.32 Å². The molecule has 0 saturated heterocycles. The van der Waals surface area contributed by atoms with Gasteiger partial charge in [0.05, 0.1) is 0 Å². The molecule has 0 aliphatic carbocycles. The van der Waals surface area contributed by atoms with E-state index in [1.807, 2.05) is 0 Å². The Hall–Kier alpha value is -3.58. The van der Waals surface area contributed by atoms with Crippen molar-refractivity contribution in [3.05, 3.63) is 109 Å². The van der Waals surface area contributed by atoms with Gasteiger partial charge in [-0.2, -0.15) is 0 Å². The maximum atomic E-state index is 3.56. The van der Waals surface area contributed by atoms with Crippen LogP contribution in [-0.4, -0.2) is 0 Å². The van der Waals surface area contributed by atoms with Crippen LogP contribution < -0.4 is 5.32 Å². The lowest BCUT2D eigenvalue weighted by molar-refractivity contribution is 1.57. The van der Waals surface area contributed by atoms with E-state index in [1.54, 1.807) is 0 Å². The Morgan fingerprint density at radius 1 is 0.444 bits per heavy atom. The summed E-state index contributed by atoms with van der Waals surface area (Å²) in [4.78, 5) is 0. The molecule has 5 aromatic carbocycles. The summed E-state index contributed by atoms with van der Waals surface area (Å²) >= 11 is 0. The Kier molecular flexibility index (Phi) is 3.84. The fraction of sp³-hybridized carbons (Fsp3) is 0. The van der Waals surface area contributed by atoms with Gasteiger partial charge in [-0.05, 0) is 51.6 Å². The smallest absolute Gasteiger partial charge is 0.0463 e. The second kappa shape index (κ2) is 6.62. The van der Waals surface area contributed by atoms with Crippen LogP contribution >= 0.6 is 0 Å². The maximum absolute atomic E-state index is 3.56. The first-order valence-electron chi connectivity index (χ1n) is 9.21. The molecular formula is C26H19N.